The molecule has 0 atom stereocenters. The normalized spacial score (nSPS) is 10.8. The van der Waals surface area contributed by atoms with Gasteiger partial charge in [0.25, 0.3) is 0 Å². The van der Waals surface area contributed by atoms with E-state index in [1.165, 1.54) is 18.2 Å². The van der Waals surface area contributed by atoms with Crippen molar-refractivity contribution in [3.8, 4) is 0 Å². The summed E-state index contributed by atoms with van der Waals surface area (Å²) in [5.41, 5.74) is 1.38. The Morgan fingerprint density at radius 2 is 1.50 bits per heavy atom. The molecule has 2 rings (SSSR count). The third-order valence-corrected chi connectivity index (χ3v) is 2.56. The van der Waals surface area contributed by atoms with Crippen LogP contribution in [0.5, 0.6) is 0 Å². The lowest BCUT2D eigenvalue weighted by atomic mass is 9.93. The molecule has 0 unspecified atom stereocenters. The number of rotatable bonds is 2. The van der Waals surface area contributed by atoms with Crippen molar-refractivity contribution in [3.05, 3.63) is 77.2 Å². The van der Waals surface area contributed by atoms with Crippen LogP contribution in [-0.4, -0.2) is 0 Å². The van der Waals surface area contributed by atoms with Gasteiger partial charge in [-0.05, 0) is 29.3 Å². The second-order valence-electron chi connectivity index (χ2n) is 3.61. The molecule has 2 aromatic rings. The van der Waals surface area contributed by atoms with Crippen LogP contribution in [0, 0.1) is 17.6 Å². The van der Waals surface area contributed by atoms with Crippen molar-refractivity contribution >= 4 is 0 Å². The summed E-state index contributed by atoms with van der Waals surface area (Å²) in [4.78, 5) is 0. The maximum absolute atomic E-state index is 13.5. The molecule has 0 aliphatic rings. The minimum Gasteiger partial charge on any atom is -0.207 e. The predicted octanol–water partition coefficient (Wildman–Crippen LogP) is 3.96. The van der Waals surface area contributed by atoms with Crippen LogP contribution in [0.1, 0.15) is 18.1 Å². The molecule has 81 valence electrons. The zero-order valence-corrected chi connectivity index (χ0v) is 8.87. The van der Waals surface area contributed by atoms with Gasteiger partial charge < -0.3 is 0 Å². The molecule has 0 spiro atoms. The molecule has 0 nitrogen and oxygen atoms in total. The van der Waals surface area contributed by atoms with E-state index in [-0.39, 0.29) is 11.6 Å². The quantitative estimate of drug-likeness (QED) is 0.714. The Bertz CT molecular complexity index is 474. The molecule has 0 aromatic heterocycles. The van der Waals surface area contributed by atoms with E-state index < -0.39 is 0 Å². The van der Waals surface area contributed by atoms with Crippen molar-refractivity contribution in [1.29, 1.82) is 0 Å². The van der Waals surface area contributed by atoms with E-state index >= 15 is 0 Å². The first-order valence-electron chi connectivity index (χ1n) is 5.03. The summed E-state index contributed by atoms with van der Waals surface area (Å²) < 4.78 is 26.3. The van der Waals surface area contributed by atoms with Gasteiger partial charge in [-0.3, -0.25) is 0 Å². The van der Waals surface area contributed by atoms with Crippen molar-refractivity contribution in [3.63, 3.8) is 0 Å². The highest BCUT2D eigenvalue weighted by Crippen LogP contribution is 2.25. The Hall–Kier alpha value is -1.70. The first-order chi connectivity index (χ1) is 7.68. The topological polar surface area (TPSA) is 0 Å². The van der Waals surface area contributed by atoms with Crippen LogP contribution < -0.4 is 0 Å². The smallest absolute Gasteiger partial charge is 0.127 e. The minimum atomic E-state index is -0.287. The first-order valence-corrected chi connectivity index (χ1v) is 5.03. The minimum absolute atomic E-state index is 0.260. The third-order valence-electron chi connectivity index (χ3n) is 2.56. The number of benzene rings is 2. The van der Waals surface area contributed by atoms with E-state index in [4.69, 9.17) is 0 Å². The highest BCUT2D eigenvalue weighted by atomic mass is 19.1. The molecule has 16 heavy (non-hydrogen) atoms. The van der Waals surface area contributed by atoms with E-state index in [0.29, 0.717) is 5.56 Å². The maximum Gasteiger partial charge on any atom is 0.127 e. The van der Waals surface area contributed by atoms with Crippen LogP contribution in [0.25, 0.3) is 0 Å². The third kappa shape index (κ3) is 2.11. The fourth-order valence-electron chi connectivity index (χ4n) is 1.62. The van der Waals surface area contributed by atoms with Gasteiger partial charge in [0, 0.05) is 5.92 Å². The number of hydrogen-bond donors (Lipinski definition) is 0. The lowest BCUT2D eigenvalue weighted by Gasteiger charge is -2.12. The maximum atomic E-state index is 13.5. The van der Waals surface area contributed by atoms with Gasteiger partial charge in [-0.15, -0.1) is 0 Å². The second-order valence-corrected chi connectivity index (χ2v) is 3.61. The standard InChI is InChI=1S/C14H11F2/c1-10(11-6-8-12(15)9-7-11)13-4-2-3-5-14(13)16/h2-9H,1H3. The van der Waals surface area contributed by atoms with Gasteiger partial charge in [-0.2, -0.15) is 0 Å². The van der Waals surface area contributed by atoms with Gasteiger partial charge in [-0.1, -0.05) is 37.3 Å². The fraction of sp³-hybridized carbons (Fsp3) is 0.0714. The largest absolute Gasteiger partial charge is 0.207 e. The first kappa shape index (κ1) is 10.8. The summed E-state index contributed by atoms with van der Waals surface area (Å²) >= 11 is 0. The van der Waals surface area contributed by atoms with E-state index in [9.17, 15) is 8.78 Å². The van der Waals surface area contributed by atoms with Crippen LogP contribution in [0.2, 0.25) is 0 Å². The van der Waals surface area contributed by atoms with E-state index in [1.54, 1.807) is 30.3 Å². The van der Waals surface area contributed by atoms with Gasteiger partial charge in [0.05, 0.1) is 0 Å². The van der Waals surface area contributed by atoms with Gasteiger partial charge in [0.15, 0.2) is 0 Å². The predicted molar refractivity (Wildman–Crippen MR) is 59.9 cm³/mol. The van der Waals surface area contributed by atoms with Crippen molar-refractivity contribution in [2.75, 3.05) is 0 Å². The summed E-state index contributed by atoms with van der Waals surface area (Å²) in [6, 6.07) is 12.6. The van der Waals surface area contributed by atoms with Crippen LogP contribution in [-0.2, 0) is 0 Å². The van der Waals surface area contributed by atoms with Gasteiger partial charge in [0.2, 0.25) is 0 Å². The van der Waals surface area contributed by atoms with Crippen molar-refractivity contribution in [1.82, 2.24) is 0 Å². The van der Waals surface area contributed by atoms with E-state index in [0.717, 1.165) is 11.5 Å². The Morgan fingerprint density at radius 1 is 0.875 bits per heavy atom. The van der Waals surface area contributed by atoms with E-state index in [2.05, 4.69) is 0 Å². The highest BCUT2D eigenvalue weighted by Gasteiger charge is 2.12. The molecule has 0 aliphatic heterocycles. The van der Waals surface area contributed by atoms with Crippen molar-refractivity contribution < 1.29 is 8.78 Å². The lowest BCUT2D eigenvalue weighted by Crippen LogP contribution is -2.00. The Morgan fingerprint density at radius 3 is 2.12 bits per heavy atom. The zero-order valence-electron chi connectivity index (χ0n) is 8.87. The van der Waals surface area contributed by atoms with Crippen LogP contribution in [0.4, 0.5) is 8.78 Å². The Kier molecular flexibility index (Phi) is 3.00. The van der Waals surface area contributed by atoms with Crippen LogP contribution in [0.15, 0.2) is 48.5 Å². The van der Waals surface area contributed by atoms with E-state index in [1.807, 2.05) is 6.92 Å². The van der Waals surface area contributed by atoms with Gasteiger partial charge in [0.1, 0.15) is 11.6 Å². The monoisotopic (exact) mass is 217 g/mol. The molecular formula is C14H11F2. The summed E-state index contributed by atoms with van der Waals surface area (Å²) in [6.45, 7) is 1.83. The van der Waals surface area contributed by atoms with Crippen molar-refractivity contribution in [2.45, 2.75) is 6.92 Å². The highest BCUT2D eigenvalue weighted by molar-refractivity contribution is 5.44. The summed E-state index contributed by atoms with van der Waals surface area (Å²) in [5.74, 6) is 0.257. The average Bonchev–Trinajstić information content (AvgIpc) is 2.30. The molecule has 1 radical (unpaired) electrons. The summed E-state index contributed by atoms with van der Waals surface area (Å²) in [5, 5.41) is 0. The summed E-state index contributed by atoms with van der Waals surface area (Å²) in [7, 11) is 0. The molecule has 0 bridgehead atoms. The molecule has 0 fully saturated rings. The molecular weight excluding hydrogens is 206 g/mol. The van der Waals surface area contributed by atoms with Gasteiger partial charge in [-0.25, -0.2) is 8.78 Å². The molecule has 2 aromatic carbocycles. The zero-order chi connectivity index (χ0) is 11.5. The van der Waals surface area contributed by atoms with Gasteiger partial charge >= 0.3 is 0 Å². The Balaban J connectivity index is 2.35. The molecule has 0 saturated heterocycles. The summed E-state index contributed by atoms with van der Waals surface area (Å²) in [6.07, 6.45) is 0. The van der Waals surface area contributed by atoms with Crippen molar-refractivity contribution in [2.24, 2.45) is 0 Å². The molecule has 2 heteroatoms. The average molecular weight is 217 g/mol. The Labute approximate surface area is 93.5 Å². The molecule has 0 aliphatic carbocycles. The molecule has 0 N–H and O–H groups in total. The van der Waals surface area contributed by atoms with Crippen LogP contribution in [0.3, 0.4) is 0 Å². The number of halogens is 2. The second kappa shape index (κ2) is 4.44. The molecule has 0 amide bonds. The number of hydrogen-bond acceptors (Lipinski definition) is 0. The molecule has 0 saturated carbocycles. The molecule has 0 heterocycles. The SMILES string of the molecule is C[C](c1ccc(F)cc1)c1ccccc1F. The fourth-order valence-corrected chi connectivity index (χ4v) is 1.62. The lowest BCUT2D eigenvalue weighted by molar-refractivity contribution is 0.616. The van der Waals surface area contributed by atoms with Crippen LogP contribution >= 0.6 is 0 Å².